The molecule has 2 fully saturated rings. The molecule has 0 saturated carbocycles. The lowest BCUT2D eigenvalue weighted by molar-refractivity contribution is -0.137. The number of pyridine rings is 2. The van der Waals surface area contributed by atoms with Crippen molar-refractivity contribution in [3.05, 3.63) is 71.3 Å². The first kappa shape index (κ1) is 30.2. The Balaban J connectivity index is 1.47. The molecule has 2 aliphatic rings. The summed E-state index contributed by atoms with van der Waals surface area (Å²) in [6, 6.07) is 9.56. The molecular weight excluding hydrogens is 564 g/mol. The van der Waals surface area contributed by atoms with Crippen LogP contribution in [0.25, 0.3) is 11.3 Å². The van der Waals surface area contributed by atoms with Crippen LogP contribution in [0.2, 0.25) is 0 Å². The number of hydrogen-bond acceptors (Lipinski definition) is 7. The summed E-state index contributed by atoms with van der Waals surface area (Å²) in [5, 5.41) is 12.8. The van der Waals surface area contributed by atoms with Crippen molar-refractivity contribution in [3.63, 3.8) is 0 Å². The van der Waals surface area contributed by atoms with Gasteiger partial charge in [0, 0.05) is 38.1 Å². The molecule has 8 nitrogen and oxygen atoms in total. The highest BCUT2D eigenvalue weighted by molar-refractivity contribution is 5.89. The summed E-state index contributed by atoms with van der Waals surface area (Å²) in [7, 11) is 1.98. The van der Waals surface area contributed by atoms with E-state index in [1.807, 2.05) is 13.1 Å². The normalized spacial score (nSPS) is 18.7. The summed E-state index contributed by atoms with van der Waals surface area (Å²) >= 11 is 0. The van der Waals surface area contributed by atoms with Gasteiger partial charge in [0.25, 0.3) is 0 Å². The largest absolute Gasteiger partial charge is 0.477 e. The summed E-state index contributed by atoms with van der Waals surface area (Å²) in [5.41, 5.74) is -0.924. The third-order valence-electron chi connectivity index (χ3n) is 8.26. The third kappa shape index (κ3) is 6.13. The number of carbonyl (C=O) groups is 1. The molecule has 3 aromatic rings. The first-order chi connectivity index (χ1) is 20.6. The van der Waals surface area contributed by atoms with Gasteiger partial charge < -0.3 is 19.9 Å². The maximum absolute atomic E-state index is 15.8. The zero-order valence-corrected chi connectivity index (χ0v) is 23.9. The Labute approximate surface area is 247 Å². The van der Waals surface area contributed by atoms with Crippen molar-refractivity contribution in [2.75, 3.05) is 44.7 Å². The van der Waals surface area contributed by atoms with Gasteiger partial charge in [0.2, 0.25) is 11.8 Å². The molecule has 0 unspecified atom stereocenters. The number of ether oxygens (including phenoxy) is 1. The summed E-state index contributed by atoms with van der Waals surface area (Å²) < 4.78 is 61.1. The second-order valence-electron chi connectivity index (χ2n) is 11.0. The highest BCUT2D eigenvalue weighted by atomic mass is 19.4. The number of benzene rings is 1. The number of likely N-dealkylation sites (tertiary alicyclic amines) is 1. The third-order valence-corrected chi connectivity index (χ3v) is 8.26. The predicted molar refractivity (Wildman–Crippen MR) is 152 cm³/mol. The summed E-state index contributed by atoms with van der Waals surface area (Å²) in [4.78, 5) is 26.5. The average Bonchev–Trinajstić information content (AvgIpc) is 3.41. The molecule has 12 heteroatoms. The molecule has 0 radical (unpaired) electrons. The van der Waals surface area contributed by atoms with Gasteiger partial charge in [-0.1, -0.05) is 0 Å². The van der Waals surface area contributed by atoms with Crippen LogP contribution in [0.5, 0.6) is 5.88 Å². The zero-order chi connectivity index (χ0) is 30.8. The number of alkyl halides is 3. The molecule has 1 N–H and O–H groups in total. The van der Waals surface area contributed by atoms with Crippen LogP contribution < -0.4 is 15.0 Å². The van der Waals surface area contributed by atoms with Crippen molar-refractivity contribution >= 4 is 11.6 Å². The van der Waals surface area contributed by atoms with Crippen LogP contribution in [0.1, 0.15) is 42.9 Å². The van der Waals surface area contributed by atoms with E-state index in [0.29, 0.717) is 30.0 Å². The van der Waals surface area contributed by atoms with Crippen molar-refractivity contribution < 1.29 is 27.1 Å². The lowest BCUT2D eigenvalue weighted by atomic mass is 9.72. The molecule has 226 valence electrons. The molecule has 2 aromatic heterocycles. The van der Waals surface area contributed by atoms with E-state index in [4.69, 9.17) is 4.74 Å². The van der Waals surface area contributed by atoms with Crippen LogP contribution in [0.15, 0.2) is 48.8 Å². The Bertz CT molecular complexity index is 1530. The Morgan fingerprint density at radius 3 is 2.58 bits per heavy atom. The van der Waals surface area contributed by atoms with E-state index in [1.54, 1.807) is 30.2 Å². The van der Waals surface area contributed by atoms with Crippen molar-refractivity contribution in [3.8, 4) is 23.2 Å². The number of aromatic nitrogens is 2. The molecule has 0 bridgehead atoms. The lowest BCUT2D eigenvalue weighted by Crippen LogP contribution is -2.54. The Hall–Kier alpha value is -4.24. The van der Waals surface area contributed by atoms with Crippen molar-refractivity contribution in [2.45, 2.75) is 43.8 Å². The number of hydrogen-bond donors (Lipinski definition) is 1. The number of rotatable bonds is 7. The van der Waals surface area contributed by atoms with Crippen LogP contribution in [0.3, 0.4) is 0 Å². The van der Waals surface area contributed by atoms with Gasteiger partial charge in [-0.15, -0.1) is 0 Å². The van der Waals surface area contributed by atoms with Crippen LogP contribution >= 0.6 is 0 Å². The summed E-state index contributed by atoms with van der Waals surface area (Å²) in [6.45, 7) is 4.20. The number of nitrogens with zero attached hydrogens (tertiary/aromatic N) is 5. The van der Waals surface area contributed by atoms with Crippen LogP contribution in [0.4, 0.5) is 23.2 Å². The van der Waals surface area contributed by atoms with E-state index < -0.39 is 23.0 Å². The number of anilines is 1. The quantitative estimate of drug-likeness (QED) is 0.387. The van der Waals surface area contributed by atoms with Gasteiger partial charge in [-0.25, -0.2) is 9.37 Å². The molecular formula is C31H32F4N6O2. The van der Waals surface area contributed by atoms with Gasteiger partial charge in [-0.3, -0.25) is 9.78 Å². The van der Waals surface area contributed by atoms with E-state index in [2.05, 4.69) is 20.2 Å². The molecule has 4 heterocycles. The molecule has 2 saturated heterocycles. The van der Waals surface area contributed by atoms with Gasteiger partial charge in [0.1, 0.15) is 17.6 Å². The molecule has 1 aromatic carbocycles. The molecule has 0 aliphatic carbocycles. The van der Waals surface area contributed by atoms with Crippen LogP contribution in [0, 0.1) is 17.1 Å². The monoisotopic (exact) mass is 596 g/mol. The van der Waals surface area contributed by atoms with Crippen molar-refractivity contribution in [1.29, 1.82) is 5.26 Å². The fourth-order valence-corrected chi connectivity index (χ4v) is 5.95. The van der Waals surface area contributed by atoms with E-state index >= 15 is 4.39 Å². The molecule has 1 atom stereocenters. The molecule has 5 rings (SSSR count). The Kier molecular flexibility index (Phi) is 8.55. The smallest absolute Gasteiger partial charge is 0.416 e. The number of nitrogens with one attached hydrogen (secondary N) is 1. The van der Waals surface area contributed by atoms with E-state index in [9.17, 15) is 23.2 Å². The number of halogens is 4. The zero-order valence-electron chi connectivity index (χ0n) is 23.9. The van der Waals surface area contributed by atoms with Gasteiger partial charge >= 0.3 is 6.18 Å². The molecule has 0 spiro atoms. The highest BCUT2D eigenvalue weighted by Gasteiger charge is 2.45. The number of nitriles is 1. The maximum Gasteiger partial charge on any atom is 0.416 e. The minimum absolute atomic E-state index is 0.0501. The fraction of sp³-hybridized carbons (Fsp3) is 0.419. The van der Waals surface area contributed by atoms with Gasteiger partial charge in [0.15, 0.2) is 0 Å². The first-order valence-electron chi connectivity index (χ1n) is 14.2. The van der Waals surface area contributed by atoms with Gasteiger partial charge in [0.05, 0.1) is 34.4 Å². The standard InChI is InChI=1S/C31H32F4N6O2/c1-3-43-28-24(5-4-11-37-28)27-25(32)16-22(18-38-27)30(29(42)39-23-8-12-40(2)19-23)9-13-41(14-10-30)26-7-6-21(31(33,34)35)15-20(26)17-36/h4-7,11,15-16,18,23H,3,8-10,12-14,19H2,1-2H3,(H,39,42)/t23-/m1/s1. The minimum Gasteiger partial charge on any atom is -0.477 e. The lowest BCUT2D eigenvalue weighted by Gasteiger charge is -2.42. The van der Waals surface area contributed by atoms with E-state index in [0.717, 1.165) is 25.1 Å². The maximum atomic E-state index is 15.8. The average molecular weight is 597 g/mol. The second-order valence-corrected chi connectivity index (χ2v) is 11.0. The second kappa shape index (κ2) is 12.2. The summed E-state index contributed by atoms with van der Waals surface area (Å²) in [5.74, 6) is -0.623. The van der Waals surface area contributed by atoms with Crippen molar-refractivity contribution in [1.82, 2.24) is 20.2 Å². The van der Waals surface area contributed by atoms with E-state index in [-0.39, 0.29) is 55.0 Å². The number of likely N-dealkylation sites (N-methyl/N-ethyl adjacent to an activating group) is 1. The number of piperidine rings is 1. The topological polar surface area (TPSA) is 94.4 Å². The SMILES string of the molecule is CCOc1ncccc1-c1ncc(C2(C(=O)N[C@@H]3CCN(C)C3)CCN(c3ccc(C(F)(F)F)cc3C#N)CC2)cc1F. The van der Waals surface area contributed by atoms with Crippen LogP contribution in [-0.2, 0) is 16.4 Å². The number of amides is 1. The summed E-state index contributed by atoms with van der Waals surface area (Å²) in [6.07, 6.45) is -0.251. The Morgan fingerprint density at radius 1 is 1.19 bits per heavy atom. The molecule has 2 aliphatic heterocycles. The molecule has 1 amide bonds. The fourth-order valence-electron chi connectivity index (χ4n) is 5.95. The first-order valence-corrected chi connectivity index (χ1v) is 14.2. The van der Waals surface area contributed by atoms with Gasteiger partial charge in [-0.05, 0) is 81.7 Å². The predicted octanol–water partition coefficient (Wildman–Crippen LogP) is 4.93. The highest BCUT2D eigenvalue weighted by Crippen LogP contribution is 2.41. The Morgan fingerprint density at radius 2 is 1.95 bits per heavy atom. The van der Waals surface area contributed by atoms with Crippen molar-refractivity contribution in [2.24, 2.45) is 0 Å². The van der Waals surface area contributed by atoms with E-state index in [1.165, 1.54) is 18.3 Å². The molecule has 43 heavy (non-hydrogen) atoms. The number of carbonyl (C=O) groups excluding carboxylic acids is 1. The van der Waals surface area contributed by atoms with Crippen LogP contribution in [-0.4, -0.2) is 66.7 Å². The van der Waals surface area contributed by atoms with Gasteiger partial charge in [-0.2, -0.15) is 18.4 Å². The minimum atomic E-state index is -4.57.